The SMILES string of the molecule is CCCN(CCNC)c1ccc2c(C)nnc(N[C@H](C)c3cc(N)cc(C(F)(F)F)n3)c2c1. The second-order valence-corrected chi connectivity index (χ2v) is 8.03. The van der Waals surface area contributed by atoms with Crippen molar-refractivity contribution in [1.82, 2.24) is 20.5 Å². The highest BCUT2D eigenvalue weighted by Crippen LogP contribution is 2.32. The maximum Gasteiger partial charge on any atom is 0.433 e. The van der Waals surface area contributed by atoms with Crippen LogP contribution in [0.5, 0.6) is 0 Å². The number of benzene rings is 1. The van der Waals surface area contributed by atoms with Gasteiger partial charge in [-0.3, -0.25) is 0 Å². The van der Waals surface area contributed by atoms with Crippen molar-refractivity contribution in [2.24, 2.45) is 0 Å². The van der Waals surface area contributed by atoms with Crippen LogP contribution in [0.1, 0.15) is 43.4 Å². The summed E-state index contributed by atoms with van der Waals surface area (Å²) in [4.78, 5) is 6.06. The summed E-state index contributed by atoms with van der Waals surface area (Å²) in [7, 11) is 1.92. The summed E-state index contributed by atoms with van der Waals surface area (Å²) in [6.45, 7) is 8.32. The fourth-order valence-electron chi connectivity index (χ4n) is 3.69. The number of halogens is 3. The summed E-state index contributed by atoms with van der Waals surface area (Å²) < 4.78 is 39.6. The quantitative estimate of drug-likeness (QED) is 0.431. The van der Waals surface area contributed by atoms with E-state index in [4.69, 9.17) is 5.73 Å². The van der Waals surface area contributed by atoms with E-state index < -0.39 is 17.9 Å². The van der Waals surface area contributed by atoms with Gasteiger partial charge in [-0.05, 0) is 51.6 Å². The van der Waals surface area contributed by atoms with E-state index in [0.29, 0.717) is 5.82 Å². The Morgan fingerprint density at radius 3 is 2.52 bits per heavy atom. The average molecular weight is 462 g/mol. The third-order valence-electron chi connectivity index (χ3n) is 5.39. The molecule has 0 bridgehead atoms. The van der Waals surface area contributed by atoms with Gasteiger partial charge >= 0.3 is 6.18 Å². The summed E-state index contributed by atoms with van der Waals surface area (Å²) in [5.41, 5.74) is 6.69. The molecule has 10 heteroatoms. The third-order valence-corrected chi connectivity index (χ3v) is 5.39. The molecule has 0 fully saturated rings. The largest absolute Gasteiger partial charge is 0.433 e. The monoisotopic (exact) mass is 461 g/mol. The number of hydrogen-bond acceptors (Lipinski definition) is 7. The number of alkyl halides is 3. The van der Waals surface area contributed by atoms with Crippen LogP contribution in [0.4, 0.5) is 30.4 Å². The highest BCUT2D eigenvalue weighted by molar-refractivity contribution is 5.95. The van der Waals surface area contributed by atoms with Gasteiger partial charge in [0.2, 0.25) is 0 Å². The highest BCUT2D eigenvalue weighted by Gasteiger charge is 2.33. The Morgan fingerprint density at radius 2 is 1.85 bits per heavy atom. The molecule has 2 heterocycles. The van der Waals surface area contributed by atoms with Crippen molar-refractivity contribution in [2.75, 3.05) is 42.6 Å². The van der Waals surface area contributed by atoms with Crippen molar-refractivity contribution in [3.63, 3.8) is 0 Å². The standard InChI is InChI=1S/C23H30F3N7/c1-5-9-33(10-8-28-4)17-6-7-18-14(2)31-32-22(19(18)13-17)29-15(3)20-11-16(27)12-21(30-20)23(24,25)26/h6-7,11-13,15,28H,5,8-10H2,1-4H3,(H2,27,30)(H,29,32)/t15-/m1/s1. The summed E-state index contributed by atoms with van der Waals surface area (Å²) in [6.07, 6.45) is -3.58. The fourth-order valence-corrected chi connectivity index (χ4v) is 3.69. The number of pyridine rings is 1. The molecule has 33 heavy (non-hydrogen) atoms. The molecule has 0 radical (unpaired) electrons. The van der Waals surface area contributed by atoms with Crippen LogP contribution in [-0.2, 0) is 6.18 Å². The Kier molecular flexibility index (Phi) is 7.57. The van der Waals surface area contributed by atoms with Crippen LogP contribution in [0, 0.1) is 6.92 Å². The number of nitrogens with zero attached hydrogens (tertiary/aromatic N) is 4. The van der Waals surface area contributed by atoms with Gasteiger partial charge < -0.3 is 21.3 Å². The number of likely N-dealkylation sites (N-methyl/N-ethyl adjacent to an activating group) is 1. The van der Waals surface area contributed by atoms with Gasteiger partial charge in [0.25, 0.3) is 0 Å². The molecule has 0 unspecified atom stereocenters. The number of aromatic nitrogens is 3. The van der Waals surface area contributed by atoms with E-state index in [1.807, 2.05) is 26.1 Å². The van der Waals surface area contributed by atoms with E-state index >= 15 is 0 Å². The molecule has 7 nitrogen and oxygen atoms in total. The zero-order valence-electron chi connectivity index (χ0n) is 19.3. The second-order valence-electron chi connectivity index (χ2n) is 8.03. The van der Waals surface area contributed by atoms with E-state index in [1.165, 1.54) is 6.07 Å². The van der Waals surface area contributed by atoms with Crippen LogP contribution in [0.2, 0.25) is 0 Å². The van der Waals surface area contributed by atoms with Crippen LogP contribution >= 0.6 is 0 Å². The third kappa shape index (κ3) is 5.81. The summed E-state index contributed by atoms with van der Waals surface area (Å²) >= 11 is 0. The molecule has 0 saturated carbocycles. The first-order valence-corrected chi connectivity index (χ1v) is 10.9. The van der Waals surface area contributed by atoms with Gasteiger partial charge in [-0.1, -0.05) is 13.0 Å². The Morgan fingerprint density at radius 1 is 1.09 bits per heavy atom. The normalized spacial score (nSPS) is 12.7. The first kappa shape index (κ1) is 24.5. The molecule has 3 aromatic rings. The minimum absolute atomic E-state index is 0.00264. The van der Waals surface area contributed by atoms with E-state index in [9.17, 15) is 13.2 Å². The number of hydrogen-bond donors (Lipinski definition) is 3. The molecular formula is C23H30F3N7. The minimum Gasteiger partial charge on any atom is -0.399 e. The first-order chi connectivity index (χ1) is 15.6. The molecule has 0 aliphatic carbocycles. The van der Waals surface area contributed by atoms with E-state index in [1.54, 1.807) is 6.92 Å². The lowest BCUT2D eigenvalue weighted by molar-refractivity contribution is -0.141. The zero-order chi connectivity index (χ0) is 24.2. The maximum absolute atomic E-state index is 13.2. The van der Waals surface area contributed by atoms with Gasteiger partial charge in [0, 0.05) is 41.8 Å². The van der Waals surface area contributed by atoms with Crippen LogP contribution in [0.15, 0.2) is 30.3 Å². The number of fused-ring (bicyclic) bond motifs is 1. The Labute approximate surface area is 191 Å². The van der Waals surface area contributed by atoms with Gasteiger partial charge in [0.05, 0.1) is 17.4 Å². The fraction of sp³-hybridized carbons (Fsp3) is 0.435. The average Bonchev–Trinajstić information content (AvgIpc) is 2.77. The molecule has 2 aromatic heterocycles. The number of nitrogens with one attached hydrogen (secondary N) is 2. The Balaban J connectivity index is 1.99. The molecule has 178 valence electrons. The van der Waals surface area contributed by atoms with Crippen molar-refractivity contribution in [1.29, 1.82) is 0 Å². The van der Waals surface area contributed by atoms with E-state index in [-0.39, 0.29) is 11.4 Å². The number of aryl methyl sites for hydroxylation is 1. The van der Waals surface area contributed by atoms with Gasteiger partial charge in [-0.15, -0.1) is 5.10 Å². The predicted molar refractivity (Wildman–Crippen MR) is 126 cm³/mol. The van der Waals surface area contributed by atoms with Gasteiger partial charge in [-0.2, -0.15) is 18.3 Å². The Hall–Kier alpha value is -3.14. The molecule has 1 aromatic carbocycles. The van der Waals surface area contributed by atoms with Crippen LogP contribution in [0.25, 0.3) is 10.8 Å². The minimum atomic E-state index is -4.58. The predicted octanol–water partition coefficient (Wildman–Crippen LogP) is 4.54. The Bertz CT molecular complexity index is 1100. The van der Waals surface area contributed by atoms with Crippen molar-refractivity contribution in [3.8, 4) is 0 Å². The lowest BCUT2D eigenvalue weighted by Crippen LogP contribution is -2.31. The highest BCUT2D eigenvalue weighted by atomic mass is 19.4. The van der Waals surface area contributed by atoms with Crippen molar-refractivity contribution in [3.05, 3.63) is 47.4 Å². The molecule has 3 rings (SSSR count). The summed E-state index contributed by atoms with van der Waals surface area (Å²) in [5, 5.41) is 16.7. The summed E-state index contributed by atoms with van der Waals surface area (Å²) in [6, 6.07) is 7.80. The van der Waals surface area contributed by atoms with Crippen LogP contribution in [0.3, 0.4) is 0 Å². The lowest BCUT2D eigenvalue weighted by Gasteiger charge is -2.25. The van der Waals surface area contributed by atoms with Crippen molar-refractivity contribution >= 4 is 28.0 Å². The molecular weight excluding hydrogens is 431 g/mol. The van der Waals surface area contributed by atoms with Crippen LogP contribution < -0.4 is 21.3 Å². The van der Waals surface area contributed by atoms with Gasteiger partial charge in [-0.25, -0.2) is 4.98 Å². The molecule has 0 amide bonds. The van der Waals surface area contributed by atoms with Gasteiger partial charge in [0.1, 0.15) is 5.69 Å². The van der Waals surface area contributed by atoms with E-state index in [2.05, 4.69) is 43.7 Å². The first-order valence-electron chi connectivity index (χ1n) is 10.9. The van der Waals surface area contributed by atoms with Gasteiger partial charge in [0.15, 0.2) is 5.82 Å². The van der Waals surface area contributed by atoms with Crippen LogP contribution in [-0.4, -0.2) is 41.9 Å². The number of nitrogens with two attached hydrogens (primary N) is 1. The smallest absolute Gasteiger partial charge is 0.399 e. The maximum atomic E-state index is 13.2. The zero-order valence-corrected chi connectivity index (χ0v) is 19.3. The molecule has 0 saturated heterocycles. The number of rotatable bonds is 9. The number of anilines is 3. The molecule has 0 aliphatic heterocycles. The number of nitrogen functional groups attached to an aromatic ring is 1. The van der Waals surface area contributed by atoms with E-state index in [0.717, 1.165) is 54.3 Å². The molecule has 0 spiro atoms. The molecule has 1 atom stereocenters. The second kappa shape index (κ2) is 10.2. The lowest BCUT2D eigenvalue weighted by atomic mass is 10.1. The molecule has 4 N–H and O–H groups in total. The summed E-state index contributed by atoms with van der Waals surface area (Å²) in [5.74, 6) is 0.479. The molecule has 0 aliphatic rings. The van der Waals surface area contributed by atoms with Crippen molar-refractivity contribution < 1.29 is 13.2 Å². The van der Waals surface area contributed by atoms with Crippen molar-refractivity contribution in [2.45, 2.75) is 39.4 Å². The topological polar surface area (TPSA) is 92.0 Å².